The molecule has 0 aliphatic rings. The molecule has 2 aromatic heterocycles. The average molecular weight is 408 g/mol. The molecule has 0 radical (unpaired) electrons. The van der Waals surface area contributed by atoms with E-state index in [-0.39, 0.29) is 22.9 Å². The summed E-state index contributed by atoms with van der Waals surface area (Å²) in [7, 11) is 2.48. The van der Waals surface area contributed by atoms with Crippen molar-refractivity contribution < 1.29 is 31.8 Å². The molecule has 29 heavy (non-hydrogen) atoms. The topological polar surface area (TPSA) is 53.5 Å². The Kier molecular flexibility index (Phi) is 5.97. The van der Waals surface area contributed by atoms with Crippen LogP contribution in [0.1, 0.15) is 5.69 Å². The van der Waals surface area contributed by atoms with Crippen molar-refractivity contribution in [3.63, 3.8) is 0 Å². The lowest BCUT2D eigenvalue weighted by Gasteiger charge is -2.15. The van der Waals surface area contributed by atoms with Crippen molar-refractivity contribution in [2.45, 2.75) is 5.92 Å². The minimum Gasteiger partial charge on any atom is -0.496 e. The Hall–Kier alpha value is -3.20. The van der Waals surface area contributed by atoms with Gasteiger partial charge in [-0.25, -0.2) is 13.8 Å². The molecule has 0 spiro atoms. The molecule has 0 N–H and O–H groups in total. The molecule has 0 atom stereocenters. The summed E-state index contributed by atoms with van der Waals surface area (Å²) in [5.41, 5.74) is 0.0537. The number of alkyl halides is 2. The normalized spacial score (nSPS) is 11.4. The van der Waals surface area contributed by atoms with Crippen molar-refractivity contribution in [1.29, 1.82) is 0 Å². The highest BCUT2D eigenvalue weighted by Gasteiger charge is 2.33. The van der Waals surface area contributed by atoms with Crippen molar-refractivity contribution in [2.75, 3.05) is 20.8 Å². The van der Waals surface area contributed by atoms with Crippen molar-refractivity contribution in [3.05, 3.63) is 66.1 Å². The summed E-state index contributed by atoms with van der Waals surface area (Å²) in [5.74, 6) is -5.13. The van der Waals surface area contributed by atoms with Gasteiger partial charge in [-0.1, -0.05) is 0 Å². The van der Waals surface area contributed by atoms with Gasteiger partial charge in [0.15, 0.2) is 11.6 Å². The van der Waals surface area contributed by atoms with Gasteiger partial charge in [-0.05, 0) is 30.3 Å². The number of ether oxygens (including phenoxy) is 3. The van der Waals surface area contributed by atoms with Crippen LogP contribution in [0.4, 0.5) is 17.6 Å². The third kappa shape index (κ3) is 4.45. The predicted octanol–water partition coefficient (Wildman–Crippen LogP) is 4.96. The highest BCUT2D eigenvalue weighted by Crippen LogP contribution is 2.38. The standard InChI is InChI=1S/C20H16F4N2O3/c1-27-11-20(23,24)18-6-5-12(10-26-18)29-19-13(4-3-7-25-19)14-8-15(21)16(22)9-17(14)28-2/h3-10H,11H2,1-2H3. The van der Waals surface area contributed by atoms with Crippen LogP contribution in [0.25, 0.3) is 11.1 Å². The van der Waals surface area contributed by atoms with Crippen LogP contribution in [-0.2, 0) is 10.7 Å². The summed E-state index contributed by atoms with van der Waals surface area (Å²) in [6.07, 6.45) is 2.54. The van der Waals surface area contributed by atoms with E-state index in [2.05, 4.69) is 14.7 Å². The molecule has 5 nitrogen and oxygen atoms in total. The predicted molar refractivity (Wildman–Crippen MR) is 96.2 cm³/mol. The maximum atomic E-state index is 13.8. The molecule has 0 amide bonds. The fraction of sp³-hybridized carbons (Fsp3) is 0.200. The summed E-state index contributed by atoms with van der Waals surface area (Å²) in [4.78, 5) is 7.80. The van der Waals surface area contributed by atoms with E-state index in [1.165, 1.54) is 26.5 Å². The number of hydrogen-bond donors (Lipinski definition) is 0. The zero-order valence-electron chi connectivity index (χ0n) is 15.5. The number of halogens is 4. The van der Waals surface area contributed by atoms with Gasteiger partial charge in [-0.3, -0.25) is 4.98 Å². The molecular weight excluding hydrogens is 392 g/mol. The summed E-state index contributed by atoms with van der Waals surface area (Å²) in [6, 6.07) is 7.43. The zero-order valence-corrected chi connectivity index (χ0v) is 15.5. The molecule has 0 fully saturated rings. The third-order valence-electron chi connectivity index (χ3n) is 3.95. The van der Waals surface area contributed by atoms with E-state index in [9.17, 15) is 17.6 Å². The number of benzene rings is 1. The first-order valence-electron chi connectivity index (χ1n) is 8.35. The Morgan fingerprint density at radius 1 is 0.966 bits per heavy atom. The van der Waals surface area contributed by atoms with Gasteiger partial charge in [0.2, 0.25) is 5.88 Å². The van der Waals surface area contributed by atoms with Crippen LogP contribution in [0.15, 0.2) is 48.8 Å². The molecule has 1 aromatic carbocycles. The van der Waals surface area contributed by atoms with E-state index in [0.29, 0.717) is 5.56 Å². The fourth-order valence-corrected chi connectivity index (χ4v) is 2.61. The Bertz CT molecular complexity index is 998. The van der Waals surface area contributed by atoms with E-state index in [0.717, 1.165) is 24.4 Å². The van der Waals surface area contributed by atoms with E-state index in [4.69, 9.17) is 9.47 Å². The molecule has 2 heterocycles. The quantitative estimate of drug-likeness (QED) is 0.517. The molecule has 0 aliphatic carbocycles. The Balaban J connectivity index is 1.94. The van der Waals surface area contributed by atoms with Gasteiger partial charge in [0.05, 0.1) is 13.3 Å². The molecule has 0 aliphatic heterocycles. The molecule has 0 saturated heterocycles. The number of hydrogen-bond acceptors (Lipinski definition) is 5. The molecule has 9 heteroatoms. The van der Waals surface area contributed by atoms with Gasteiger partial charge >= 0.3 is 5.92 Å². The number of pyridine rings is 2. The lowest BCUT2D eigenvalue weighted by molar-refractivity contribution is -0.0731. The monoisotopic (exact) mass is 408 g/mol. The van der Waals surface area contributed by atoms with Gasteiger partial charge < -0.3 is 14.2 Å². The lowest BCUT2D eigenvalue weighted by Crippen LogP contribution is -2.21. The Morgan fingerprint density at radius 2 is 1.72 bits per heavy atom. The van der Waals surface area contributed by atoms with Crippen molar-refractivity contribution in [3.8, 4) is 28.5 Å². The lowest BCUT2D eigenvalue weighted by atomic mass is 10.1. The highest BCUT2D eigenvalue weighted by molar-refractivity contribution is 5.74. The smallest absolute Gasteiger partial charge is 0.312 e. The van der Waals surface area contributed by atoms with E-state index in [1.54, 1.807) is 12.1 Å². The van der Waals surface area contributed by atoms with Crippen LogP contribution in [0.5, 0.6) is 17.4 Å². The van der Waals surface area contributed by atoms with E-state index in [1.807, 2.05) is 0 Å². The highest BCUT2D eigenvalue weighted by atomic mass is 19.3. The first-order chi connectivity index (χ1) is 13.9. The SMILES string of the molecule is COCC(F)(F)c1ccc(Oc2ncccc2-c2cc(F)c(F)cc2OC)cn1. The van der Waals surface area contributed by atoms with Crippen LogP contribution in [0, 0.1) is 11.6 Å². The molecule has 152 valence electrons. The number of nitrogens with zero attached hydrogens (tertiary/aromatic N) is 2. The summed E-state index contributed by atoms with van der Waals surface area (Å²) >= 11 is 0. The molecule has 0 saturated carbocycles. The molecule has 3 aromatic rings. The summed E-state index contributed by atoms with van der Waals surface area (Å²) in [6.45, 7) is -0.805. The average Bonchev–Trinajstić information content (AvgIpc) is 2.70. The third-order valence-corrected chi connectivity index (χ3v) is 3.95. The van der Waals surface area contributed by atoms with Gasteiger partial charge in [0.25, 0.3) is 0 Å². The van der Waals surface area contributed by atoms with Crippen molar-refractivity contribution in [1.82, 2.24) is 9.97 Å². The van der Waals surface area contributed by atoms with E-state index >= 15 is 0 Å². The number of methoxy groups -OCH3 is 2. The maximum Gasteiger partial charge on any atom is 0.312 e. The first kappa shape index (κ1) is 20.5. The van der Waals surface area contributed by atoms with Crippen LogP contribution >= 0.6 is 0 Å². The summed E-state index contributed by atoms with van der Waals surface area (Å²) < 4.78 is 70.2. The Labute approximate surface area is 163 Å². The minimum absolute atomic E-state index is 0.0370. The van der Waals surface area contributed by atoms with Crippen molar-refractivity contribution in [2.24, 2.45) is 0 Å². The van der Waals surface area contributed by atoms with Crippen LogP contribution in [0.3, 0.4) is 0 Å². The molecule has 0 bridgehead atoms. The minimum atomic E-state index is -3.25. The summed E-state index contributed by atoms with van der Waals surface area (Å²) in [5, 5.41) is 0. The van der Waals surface area contributed by atoms with Gasteiger partial charge in [0.1, 0.15) is 23.8 Å². The Morgan fingerprint density at radius 3 is 2.38 bits per heavy atom. The molecule has 0 unspecified atom stereocenters. The van der Waals surface area contributed by atoms with Gasteiger partial charge in [-0.15, -0.1) is 0 Å². The van der Waals surface area contributed by atoms with Gasteiger partial charge in [-0.2, -0.15) is 8.78 Å². The van der Waals surface area contributed by atoms with Crippen LogP contribution < -0.4 is 9.47 Å². The largest absolute Gasteiger partial charge is 0.496 e. The van der Waals surface area contributed by atoms with Gasteiger partial charge in [0, 0.05) is 30.5 Å². The van der Waals surface area contributed by atoms with E-state index < -0.39 is 29.9 Å². The maximum absolute atomic E-state index is 13.8. The molecule has 3 rings (SSSR count). The second-order valence-electron chi connectivity index (χ2n) is 5.94. The fourth-order valence-electron chi connectivity index (χ4n) is 2.61. The number of aromatic nitrogens is 2. The van der Waals surface area contributed by atoms with Crippen molar-refractivity contribution >= 4 is 0 Å². The molecular formula is C20H16F4N2O3. The van der Waals surface area contributed by atoms with Crippen LogP contribution in [-0.4, -0.2) is 30.8 Å². The zero-order chi connectivity index (χ0) is 21.0. The van der Waals surface area contributed by atoms with Crippen LogP contribution in [0.2, 0.25) is 0 Å². The first-order valence-corrected chi connectivity index (χ1v) is 8.35. The second-order valence-corrected chi connectivity index (χ2v) is 5.94. The second kappa shape index (κ2) is 8.44. The number of rotatable bonds is 7.